The van der Waals surface area contributed by atoms with Gasteiger partial charge in [0.05, 0.1) is 0 Å². The zero-order valence-electron chi connectivity index (χ0n) is 8.11. The van der Waals surface area contributed by atoms with Crippen LogP contribution in [0, 0.1) is 0 Å². The monoisotopic (exact) mass is 205 g/mol. The van der Waals surface area contributed by atoms with Crippen LogP contribution in [0.25, 0.3) is 0 Å². The molecule has 1 heterocycles. The molecule has 0 spiro atoms. The highest BCUT2D eigenvalue weighted by Crippen LogP contribution is 2.03. The lowest BCUT2D eigenvalue weighted by Gasteiger charge is -2.22. The third kappa shape index (κ3) is 3.10. The molecule has 0 aromatic rings. The number of guanidine groups is 2. The molecular weight excluding hydrogens is 190 g/mol. The molecule has 76 valence electrons. The smallest absolute Gasteiger partial charge is 0.202 e. The van der Waals surface area contributed by atoms with Crippen molar-refractivity contribution in [3.63, 3.8) is 0 Å². The Morgan fingerprint density at radius 2 is 2.08 bits per heavy atom. The van der Waals surface area contributed by atoms with Gasteiger partial charge in [0.25, 0.3) is 0 Å². The standard InChI is InChI=1S/C7H15N5.ClH/c1-4-5-9-6(8)11-7(10-5)12(2)3;/h5H,4H2,1-3H3,(H3,8,9,10,11);1H. The van der Waals surface area contributed by atoms with Crippen molar-refractivity contribution >= 4 is 24.3 Å². The highest BCUT2D eigenvalue weighted by atomic mass is 35.5. The summed E-state index contributed by atoms with van der Waals surface area (Å²) in [6.45, 7) is 2.03. The fourth-order valence-corrected chi connectivity index (χ4v) is 0.920. The summed E-state index contributed by atoms with van der Waals surface area (Å²) in [5.74, 6) is 1.22. The first-order chi connectivity index (χ1) is 5.63. The van der Waals surface area contributed by atoms with Crippen molar-refractivity contribution in [2.75, 3.05) is 14.1 Å². The van der Waals surface area contributed by atoms with Crippen LogP contribution >= 0.6 is 12.4 Å². The average molecular weight is 206 g/mol. The largest absolute Gasteiger partial charge is 0.370 e. The summed E-state index contributed by atoms with van der Waals surface area (Å²) in [6, 6.07) is 0. The summed E-state index contributed by atoms with van der Waals surface area (Å²) in [5.41, 5.74) is 5.56. The van der Waals surface area contributed by atoms with E-state index in [1.165, 1.54) is 0 Å². The first-order valence-corrected chi connectivity index (χ1v) is 3.99. The molecule has 1 aliphatic heterocycles. The van der Waals surface area contributed by atoms with Gasteiger partial charge < -0.3 is 10.6 Å². The summed E-state index contributed by atoms with van der Waals surface area (Å²) in [6.07, 6.45) is 0.850. The van der Waals surface area contributed by atoms with Gasteiger partial charge in [-0.15, -0.1) is 12.4 Å². The second kappa shape index (κ2) is 4.91. The lowest BCUT2D eigenvalue weighted by atomic mass is 10.4. The molecule has 0 bridgehead atoms. The van der Waals surface area contributed by atoms with E-state index in [2.05, 4.69) is 15.3 Å². The predicted octanol–water partition coefficient (Wildman–Crippen LogP) is -0.0202. The average Bonchev–Trinajstić information content (AvgIpc) is 2.03. The third-order valence-corrected chi connectivity index (χ3v) is 1.59. The molecule has 3 N–H and O–H groups in total. The van der Waals surface area contributed by atoms with Crippen molar-refractivity contribution in [2.45, 2.75) is 19.5 Å². The van der Waals surface area contributed by atoms with Crippen LogP contribution in [0.5, 0.6) is 0 Å². The Bertz CT molecular complexity index is 223. The van der Waals surface area contributed by atoms with Crippen LogP contribution in [0.4, 0.5) is 0 Å². The Morgan fingerprint density at radius 1 is 1.46 bits per heavy atom. The van der Waals surface area contributed by atoms with Crippen molar-refractivity contribution in [1.82, 2.24) is 10.2 Å². The van der Waals surface area contributed by atoms with E-state index in [4.69, 9.17) is 5.73 Å². The molecule has 6 heteroatoms. The minimum atomic E-state index is -0.0244. The molecule has 0 aromatic heterocycles. The van der Waals surface area contributed by atoms with E-state index in [0.717, 1.165) is 12.4 Å². The van der Waals surface area contributed by atoms with E-state index in [9.17, 15) is 0 Å². The molecule has 13 heavy (non-hydrogen) atoms. The van der Waals surface area contributed by atoms with Crippen molar-refractivity contribution in [2.24, 2.45) is 15.7 Å². The minimum Gasteiger partial charge on any atom is -0.370 e. The molecule has 0 fully saturated rings. The Morgan fingerprint density at radius 3 is 2.54 bits per heavy atom. The number of nitrogens with two attached hydrogens (primary N) is 1. The Labute approximate surface area is 84.5 Å². The van der Waals surface area contributed by atoms with Gasteiger partial charge in [-0.3, -0.25) is 5.32 Å². The lowest BCUT2D eigenvalue weighted by Crippen LogP contribution is -2.47. The fraction of sp³-hybridized carbons (Fsp3) is 0.714. The maximum absolute atomic E-state index is 5.56. The van der Waals surface area contributed by atoms with E-state index in [-0.39, 0.29) is 18.6 Å². The maximum Gasteiger partial charge on any atom is 0.202 e. The second-order valence-corrected chi connectivity index (χ2v) is 2.88. The van der Waals surface area contributed by atoms with E-state index in [1.54, 1.807) is 0 Å². The van der Waals surface area contributed by atoms with Gasteiger partial charge in [-0.2, -0.15) is 0 Å². The van der Waals surface area contributed by atoms with Gasteiger partial charge in [0.2, 0.25) is 5.96 Å². The minimum absolute atomic E-state index is 0. The molecular formula is C7H16ClN5. The molecule has 0 aromatic carbocycles. The number of hydrogen-bond acceptors (Lipinski definition) is 5. The molecule has 0 radical (unpaired) electrons. The molecule has 0 amide bonds. The van der Waals surface area contributed by atoms with E-state index < -0.39 is 0 Å². The van der Waals surface area contributed by atoms with E-state index in [0.29, 0.717) is 5.96 Å². The fourth-order valence-electron chi connectivity index (χ4n) is 0.920. The van der Waals surface area contributed by atoms with Crippen LogP contribution in [0.1, 0.15) is 13.3 Å². The topological polar surface area (TPSA) is 66.0 Å². The van der Waals surface area contributed by atoms with Crippen molar-refractivity contribution in [3.05, 3.63) is 0 Å². The molecule has 1 rings (SSSR count). The van der Waals surface area contributed by atoms with E-state index >= 15 is 0 Å². The Hall–Kier alpha value is -0.970. The molecule has 1 unspecified atom stereocenters. The number of nitrogens with zero attached hydrogens (tertiary/aromatic N) is 3. The van der Waals surface area contributed by atoms with Crippen LogP contribution in [-0.2, 0) is 0 Å². The van der Waals surface area contributed by atoms with Gasteiger partial charge in [0.1, 0.15) is 6.17 Å². The Kier molecular flexibility index (Phi) is 4.55. The van der Waals surface area contributed by atoms with Crippen LogP contribution in [0.2, 0.25) is 0 Å². The normalized spacial score (nSPS) is 20.7. The SMILES string of the molecule is CCC1N=C(N)NC(N(C)C)=N1.Cl. The maximum atomic E-state index is 5.56. The summed E-state index contributed by atoms with van der Waals surface area (Å²) < 4.78 is 0. The van der Waals surface area contributed by atoms with E-state index in [1.807, 2.05) is 25.9 Å². The number of hydrogen-bond donors (Lipinski definition) is 2. The number of nitrogens with one attached hydrogen (secondary N) is 1. The number of halogens is 1. The highest BCUT2D eigenvalue weighted by molar-refractivity contribution is 5.99. The molecule has 0 saturated heterocycles. The van der Waals surface area contributed by atoms with Gasteiger partial charge in [0, 0.05) is 14.1 Å². The van der Waals surface area contributed by atoms with Crippen LogP contribution in [0.3, 0.4) is 0 Å². The third-order valence-electron chi connectivity index (χ3n) is 1.59. The summed E-state index contributed by atoms with van der Waals surface area (Å²) in [7, 11) is 3.83. The molecule has 1 aliphatic rings. The van der Waals surface area contributed by atoms with Crippen molar-refractivity contribution < 1.29 is 0 Å². The quantitative estimate of drug-likeness (QED) is 0.633. The molecule has 0 aliphatic carbocycles. The molecule has 1 atom stereocenters. The highest BCUT2D eigenvalue weighted by Gasteiger charge is 2.13. The summed E-state index contributed by atoms with van der Waals surface area (Å²) in [5, 5.41) is 2.88. The summed E-state index contributed by atoms with van der Waals surface area (Å²) in [4.78, 5) is 10.3. The second-order valence-electron chi connectivity index (χ2n) is 2.88. The number of aliphatic imine (C=N–C) groups is 2. The first kappa shape index (κ1) is 12.0. The van der Waals surface area contributed by atoms with Crippen LogP contribution in [0.15, 0.2) is 9.98 Å². The zero-order chi connectivity index (χ0) is 9.14. The van der Waals surface area contributed by atoms with Crippen LogP contribution in [-0.4, -0.2) is 37.1 Å². The number of rotatable bonds is 1. The van der Waals surface area contributed by atoms with Crippen molar-refractivity contribution in [1.29, 1.82) is 0 Å². The van der Waals surface area contributed by atoms with Gasteiger partial charge in [0.15, 0.2) is 5.96 Å². The lowest BCUT2D eigenvalue weighted by molar-refractivity contribution is 0.567. The van der Waals surface area contributed by atoms with Gasteiger partial charge >= 0.3 is 0 Å². The van der Waals surface area contributed by atoms with Gasteiger partial charge in [-0.1, -0.05) is 6.92 Å². The zero-order valence-corrected chi connectivity index (χ0v) is 8.93. The predicted molar refractivity (Wildman–Crippen MR) is 57.2 cm³/mol. The van der Waals surface area contributed by atoms with Gasteiger partial charge in [-0.05, 0) is 6.42 Å². The van der Waals surface area contributed by atoms with Crippen LogP contribution < -0.4 is 11.1 Å². The van der Waals surface area contributed by atoms with Gasteiger partial charge in [-0.25, -0.2) is 9.98 Å². The molecule has 5 nitrogen and oxygen atoms in total. The Balaban J connectivity index is 0.00000144. The molecule has 0 saturated carbocycles. The van der Waals surface area contributed by atoms with Crippen molar-refractivity contribution in [3.8, 4) is 0 Å². The summed E-state index contributed by atoms with van der Waals surface area (Å²) >= 11 is 0. The first-order valence-electron chi connectivity index (χ1n) is 3.99.